The Morgan fingerprint density at radius 2 is 1.92 bits per heavy atom. The third-order valence-electron chi connectivity index (χ3n) is 3.67. The third kappa shape index (κ3) is 2.83. The first kappa shape index (κ1) is 15.3. The molecule has 0 saturated heterocycles. The molecule has 24 heavy (non-hydrogen) atoms. The summed E-state index contributed by atoms with van der Waals surface area (Å²) in [5.41, 5.74) is 9.34. The number of benzene rings is 2. The van der Waals surface area contributed by atoms with Crippen molar-refractivity contribution in [2.24, 2.45) is 0 Å². The summed E-state index contributed by atoms with van der Waals surface area (Å²) in [6.07, 6.45) is 1.45. The molecule has 6 heteroatoms. The van der Waals surface area contributed by atoms with Crippen LogP contribution >= 0.6 is 0 Å². The Morgan fingerprint density at radius 1 is 1.21 bits per heavy atom. The number of carbonyl (C=O) groups is 1. The van der Waals surface area contributed by atoms with Crippen LogP contribution in [0.15, 0.2) is 54.7 Å². The highest BCUT2D eigenvalue weighted by Gasteiger charge is 2.17. The Morgan fingerprint density at radius 3 is 2.58 bits per heavy atom. The molecule has 0 atom stereocenters. The lowest BCUT2D eigenvalue weighted by Crippen LogP contribution is -2.14. The molecule has 0 unspecified atom stereocenters. The first-order chi connectivity index (χ1) is 11.6. The van der Waals surface area contributed by atoms with Crippen LogP contribution in [-0.4, -0.2) is 15.7 Å². The topological polar surface area (TPSA) is 96.7 Å². The van der Waals surface area contributed by atoms with Crippen LogP contribution in [0.5, 0.6) is 0 Å². The standard InChI is InChI=1S/C18H15N5O/c1-12-4-2-3-5-16(12)23-17(20)15(11-21-23)18(24)22-14-8-6-13(10-19)7-9-14/h2-9,11H,20H2,1H3,(H,22,24). The van der Waals surface area contributed by atoms with E-state index in [0.29, 0.717) is 16.8 Å². The maximum absolute atomic E-state index is 12.4. The molecule has 0 spiro atoms. The van der Waals surface area contributed by atoms with Crippen molar-refractivity contribution in [1.29, 1.82) is 5.26 Å². The van der Waals surface area contributed by atoms with E-state index in [1.807, 2.05) is 37.3 Å². The Kier molecular flexibility index (Phi) is 4.00. The van der Waals surface area contributed by atoms with Crippen LogP contribution in [0, 0.1) is 18.3 Å². The van der Waals surface area contributed by atoms with Crippen LogP contribution in [0.4, 0.5) is 11.5 Å². The number of para-hydroxylation sites is 1. The number of hydrogen-bond donors (Lipinski definition) is 2. The summed E-state index contributed by atoms with van der Waals surface area (Å²) < 4.78 is 1.54. The fourth-order valence-corrected chi connectivity index (χ4v) is 2.35. The molecule has 0 aliphatic heterocycles. The summed E-state index contributed by atoms with van der Waals surface area (Å²) in [6.45, 7) is 1.95. The van der Waals surface area contributed by atoms with Crippen molar-refractivity contribution in [3.63, 3.8) is 0 Å². The van der Waals surface area contributed by atoms with Gasteiger partial charge in [-0.2, -0.15) is 10.4 Å². The number of aryl methyl sites for hydroxylation is 1. The smallest absolute Gasteiger partial charge is 0.261 e. The summed E-state index contributed by atoms with van der Waals surface area (Å²) >= 11 is 0. The number of amides is 1. The highest BCUT2D eigenvalue weighted by atomic mass is 16.1. The molecule has 1 heterocycles. The number of aromatic nitrogens is 2. The van der Waals surface area contributed by atoms with E-state index < -0.39 is 0 Å². The summed E-state index contributed by atoms with van der Waals surface area (Å²) in [7, 11) is 0. The van der Waals surface area contributed by atoms with Crippen molar-refractivity contribution in [3.8, 4) is 11.8 Å². The van der Waals surface area contributed by atoms with Crippen molar-refractivity contribution in [3.05, 3.63) is 71.4 Å². The maximum atomic E-state index is 12.4. The molecule has 1 amide bonds. The molecule has 0 bridgehead atoms. The summed E-state index contributed by atoms with van der Waals surface area (Å²) in [5, 5.41) is 15.8. The molecule has 6 nitrogen and oxygen atoms in total. The van der Waals surface area contributed by atoms with Crippen molar-refractivity contribution in [1.82, 2.24) is 9.78 Å². The van der Waals surface area contributed by atoms with Gasteiger partial charge in [0.15, 0.2) is 0 Å². The van der Waals surface area contributed by atoms with Crippen LogP contribution in [-0.2, 0) is 0 Å². The lowest BCUT2D eigenvalue weighted by molar-refractivity contribution is 0.102. The summed E-state index contributed by atoms with van der Waals surface area (Å²) in [4.78, 5) is 12.4. The van der Waals surface area contributed by atoms with Crippen LogP contribution in [0.1, 0.15) is 21.5 Å². The van der Waals surface area contributed by atoms with E-state index in [1.165, 1.54) is 6.20 Å². The van der Waals surface area contributed by atoms with Gasteiger partial charge in [0, 0.05) is 5.69 Å². The Labute approximate surface area is 139 Å². The summed E-state index contributed by atoms with van der Waals surface area (Å²) in [5.74, 6) is -0.0764. The Bertz CT molecular complexity index is 935. The molecular weight excluding hydrogens is 302 g/mol. The van der Waals surface area contributed by atoms with E-state index in [9.17, 15) is 4.79 Å². The number of rotatable bonds is 3. The lowest BCUT2D eigenvalue weighted by Gasteiger charge is -2.08. The Balaban J connectivity index is 1.86. The zero-order valence-corrected chi connectivity index (χ0v) is 13.0. The lowest BCUT2D eigenvalue weighted by atomic mass is 10.2. The number of nitrogens with one attached hydrogen (secondary N) is 1. The van der Waals surface area contributed by atoms with Gasteiger partial charge in [-0.05, 0) is 42.8 Å². The number of carbonyl (C=O) groups excluding carboxylic acids is 1. The molecular formula is C18H15N5O. The van der Waals surface area contributed by atoms with Gasteiger partial charge in [-0.1, -0.05) is 18.2 Å². The SMILES string of the molecule is Cc1ccccc1-n1ncc(C(=O)Nc2ccc(C#N)cc2)c1N. The van der Waals surface area contributed by atoms with E-state index in [4.69, 9.17) is 11.0 Å². The molecule has 3 rings (SSSR count). The zero-order valence-electron chi connectivity index (χ0n) is 13.0. The highest BCUT2D eigenvalue weighted by molar-refractivity contribution is 6.07. The second-order valence-corrected chi connectivity index (χ2v) is 5.29. The normalized spacial score (nSPS) is 10.2. The van der Waals surface area contributed by atoms with Gasteiger partial charge in [0.05, 0.1) is 23.5 Å². The van der Waals surface area contributed by atoms with Gasteiger partial charge in [-0.25, -0.2) is 4.68 Å². The van der Waals surface area contributed by atoms with E-state index in [1.54, 1.807) is 28.9 Å². The quantitative estimate of drug-likeness (QED) is 0.776. The van der Waals surface area contributed by atoms with Crippen LogP contribution < -0.4 is 11.1 Å². The fraction of sp³-hybridized carbons (Fsp3) is 0.0556. The first-order valence-corrected chi connectivity index (χ1v) is 7.31. The molecule has 0 radical (unpaired) electrons. The minimum atomic E-state index is -0.350. The predicted octanol–water partition coefficient (Wildman–Crippen LogP) is 2.89. The minimum Gasteiger partial charge on any atom is -0.383 e. The second kappa shape index (κ2) is 6.26. The van der Waals surface area contributed by atoms with E-state index >= 15 is 0 Å². The third-order valence-corrected chi connectivity index (χ3v) is 3.67. The molecule has 3 N–H and O–H groups in total. The van der Waals surface area contributed by atoms with E-state index in [0.717, 1.165) is 11.3 Å². The molecule has 2 aromatic carbocycles. The zero-order chi connectivity index (χ0) is 17.1. The van der Waals surface area contributed by atoms with Gasteiger partial charge in [0.2, 0.25) is 0 Å². The van der Waals surface area contributed by atoms with Gasteiger partial charge in [-0.3, -0.25) is 4.79 Å². The molecule has 0 aliphatic rings. The average Bonchev–Trinajstić information content (AvgIpc) is 2.97. The largest absolute Gasteiger partial charge is 0.383 e. The molecule has 118 valence electrons. The van der Waals surface area contributed by atoms with Crippen LogP contribution in [0.25, 0.3) is 5.69 Å². The van der Waals surface area contributed by atoms with Crippen molar-refractivity contribution < 1.29 is 4.79 Å². The number of hydrogen-bond acceptors (Lipinski definition) is 4. The number of nitrogens with zero attached hydrogens (tertiary/aromatic N) is 3. The van der Waals surface area contributed by atoms with Gasteiger partial charge >= 0.3 is 0 Å². The summed E-state index contributed by atoms with van der Waals surface area (Å²) in [6, 6.07) is 16.3. The Hall–Kier alpha value is -3.59. The first-order valence-electron chi connectivity index (χ1n) is 7.31. The molecule has 1 aromatic heterocycles. The molecule has 0 saturated carbocycles. The van der Waals surface area contributed by atoms with Crippen molar-refractivity contribution in [2.75, 3.05) is 11.1 Å². The fourth-order valence-electron chi connectivity index (χ4n) is 2.35. The molecule has 0 fully saturated rings. The molecule has 3 aromatic rings. The second-order valence-electron chi connectivity index (χ2n) is 5.29. The number of nitrogens with two attached hydrogens (primary N) is 1. The van der Waals surface area contributed by atoms with Gasteiger partial charge < -0.3 is 11.1 Å². The average molecular weight is 317 g/mol. The number of nitrogen functional groups attached to an aromatic ring is 1. The molecule has 0 aliphatic carbocycles. The maximum Gasteiger partial charge on any atom is 0.261 e. The highest BCUT2D eigenvalue weighted by Crippen LogP contribution is 2.21. The van der Waals surface area contributed by atoms with E-state index in [2.05, 4.69) is 10.4 Å². The minimum absolute atomic E-state index is 0.274. The van der Waals surface area contributed by atoms with Gasteiger partial charge in [-0.15, -0.1) is 0 Å². The van der Waals surface area contributed by atoms with Crippen molar-refractivity contribution in [2.45, 2.75) is 6.92 Å². The van der Waals surface area contributed by atoms with E-state index in [-0.39, 0.29) is 11.7 Å². The van der Waals surface area contributed by atoms with Crippen LogP contribution in [0.3, 0.4) is 0 Å². The van der Waals surface area contributed by atoms with Crippen molar-refractivity contribution >= 4 is 17.4 Å². The predicted molar refractivity (Wildman–Crippen MR) is 91.8 cm³/mol. The monoisotopic (exact) mass is 317 g/mol. The van der Waals surface area contributed by atoms with Gasteiger partial charge in [0.1, 0.15) is 11.4 Å². The van der Waals surface area contributed by atoms with Gasteiger partial charge in [0.25, 0.3) is 5.91 Å². The number of anilines is 2. The number of nitriles is 1. The van der Waals surface area contributed by atoms with Crippen LogP contribution in [0.2, 0.25) is 0 Å².